The molecule has 4 heteroatoms. The second kappa shape index (κ2) is 6.73. The van der Waals surface area contributed by atoms with Crippen molar-refractivity contribution < 1.29 is 0 Å². The van der Waals surface area contributed by atoms with Crippen LogP contribution in [0.3, 0.4) is 0 Å². The molecule has 1 heterocycles. The van der Waals surface area contributed by atoms with Gasteiger partial charge >= 0.3 is 0 Å². The van der Waals surface area contributed by atoms with Gasteiger partial charge in [-0.2, -0.15) is 0 Å². The smallest absolute Gasteiger partial charge is 0.151 e. The van der Waals surface area contributed by atoms with Crippen molar-refractivity contribution >= 4 is 17.3 Å². The number of hydrogen-bond acceptors (Lipinski definition) is 4. The Morgan fingerprint density at radius 3 is 2.42 bits per heavy atom. The van der Waals surface area contributed by atoms with E-state index in [1.54, 1.807) is 12.4 Å². The highest BCUT2D eigenvalue weighted by molar-refractivity contribution is 5.57. The zero-order chi connectivity index (χ0) is 13.5. The van der Waals surface area contributed by atoms with Gasteiger partial charge in [0.1, 0.15) is 5.82 Å². The van der Waals surface area contributed by atoms with Crippen LogP contribution in [0, 0.1) is 0 Å². The molecule has 0 aliphatic rings. The lowest BCUT2D eigenvalue weighted by Crippen LogP contribution is -2.04. The highest BCUT2D eigenvalue weighted by Gasteiger charge is 1.99. The van der Waals surface area contributed by atoms with E-state index in [0.717, 1.165) is 36.7 Å². The molecule has 0 saturated carbocycles. The Kier molecular flexibility index (Phi) is 4.72. The van der Waals surface area contributed by atoms with E-state index in [1.807, 2.05) is 0 Å². The first kappa shape index (κ1) is 13.3. The normalized spacial score (nSPS) is 10.2. The largest absolute Gasteiger partial charge is 0.369 e. The van der Waals surface area contributed by atoms with E-state index in [0.29, 0.717) is 0 Å². The SMILES string of the molecule is CCCNc1cncc(Nc2ccc(CC)cc2)n1. The average Bonchev–Trinajstić information content (AvgIpc) is 2.46. The molecule has 1 aromatic heterocycles. The topological polar surface area (TPSA) is 49.8 Å². The Morgan fingerprint density at radius 2 is 1.74 bits per heavy atom. The Hall–Kier alpha value is -2.10. The number of hydrogen-bond donors (Lipinski definition) is 2. The first-order valence-electron chi connectivity index (χ1n) is 6.73. The Labute approximate surface area is 114 Å². The molecule has 19 heavy (non-hydrogen) atoms. The van der Waals surface area contributed by atoms with Crippen molar-refractivity contribution in [1.82, 2.24) is 9.97 Å². The molecule has 0 unspecified atom stereocenters. The van der Waals surface area contributed by atoms with E-state index in [9.17, 15) is 0 Å². The van der Waals surface area contributed by atoms with Crippen LogP contribution < -0.4 is 10.6 Å². The second-order valence-electron chi connectivity index (χ2n) is 4.39. The number of nitrogens with one attached hydrogen (secondary N) is 2. The van der Waals surface area contributed by atoms with Gasteiger partial charge in [0.05, 0.1) is 12.4 Å². The fraction of sp³-hybridized carbons (Fsp3) is 0.333. The van der Waals surface area contributed by atoms with Crippen LogP contribution in [0.15, 0.2) is 36.7 Å². The van der Waals surface area contributed by atoms with Crippen molar-refractivity contribution in [2.24, 2.45) is 0 Å². The summed E-state index contributed by atoms with van der Waals surface area (Å²) in [5.74, 6) is 1.56. The summed E-state index contributed by atoms with van der Waals surface area (Å²) in [6.07, 6.45) is 5.58. The molecule has 0 fully saturated rings. The maximum absolute atomic E-state index is 4.46. The summed E-state index contributed by atoms with van der Waals surface area (Å²) in [6.45, 7) is 5.18. The molecule has 0 amide bonds. The Bertz CT molecular complexity index is 508. The molecular formula is C15H20N4. The molecule has 4 nitrogen and oxygen atoms in total. The van der Waals surface area contributed by atoms with Gasteiger partial charge in [0.2, 0.25) is 0 Å². The number of anilines is 3. The van der Waals surface area contributed by atoms with Crippen molar-refractivity contribution in [2.75, 3.05) is 17.2 Å². The van der Waals surface area contributed by atoms with Crippen LogP contribution in [0.1, 0.15) is 25.8 Å². The van der Waals surface area contributed by atoms with Gasteiger partial charge in [-0.15, -0.1) is 0 Å². The third kappa shape index (κ3) is 3.95. The highest BCUT2D eigenvalue weighted by atomic mass is 15.1. The third-order valence-electron chi connectivity index (χ3n) is 2.83. The van der Waals surface area contributed by atoms with Crippen LogP contribution >= 0.6 is 0 Å². The van der Waals surface area contributed by atoms with Crippen LogP contribution in [0.25, 0.3) is 0 Å². The minimum absolute atomic E-state index is 0.755. The Balaban J connectivity index is 2.05. The van der Waals surface area contributed by atoms with Crippen LogP contribution in [0.5, 0.6) is 0 Å². The molecule has 2 aromatic rings. The molecule has 2 N–H and O–H groups in total. The quantitative estimate of drug-likeness (QED) is 0.829. The maximum Gasteiger partial charge on any atom is 0.151 e. The van der Waals surface area contributed by atoms with Crippen LogP contribution in [-0.2, 0) is 6.42 Å². The van der Waals surface area contributed by atoms with E-state index in [-0.39, 0.29) is 0 Å². The van der Waals surface area contributed by atoms with Gasteiger partial charge in [-0.1, -0.05) is 26.0 Å². The summed E-state index contributed by atoms with van der Waals surface area (Å²) >= 11 is 0. The highest BCUT2D eigenvalue weighted by Crippen LogP contribution is 2.16. The minimum Gasteiger partial charge on any atom is -0.369 e. The van der Waals surface area contributed by atoms with Crippen molar-refractivity contribution in [3.63, 3.8) is 0 Å². The van der Waals surface area contributed by atoms with Gasteiger partial charge in [0.25, 0.3) is 0 Å². The first-order chi connectivity index (χ1) is 9.31. The molecule has 0 atom stereocenters. The monoisotopic (exact) mass is 256 g/mol. The van der Waals surface area contributed by atoms with Gasteiger partial charge in [0, 0.05) is 12.2 Å². The van der Waals surface area contributed by atoms with E-state index >= 15 is 0 Å². The second-order valence-corrected chi connectivity index (χ2v) is 4.39. The summed E-state index contributed by atoms with van der Waals surface area (Å²) < 4.78 is 0. The van der Waals surface area contributed by atoms with E-state index in [2.05, 4.69) is 58.7 Å². The van der Waals surface area contributed by atoms with E-state index < -0.39 is 0 Å². The van der Waals surface area contributed by atoms with Gasteiger partial charge in [-0.3, -0.25) is 4.98 Å². The van der Waals surface area contributed by atoms with Gasteiger partial charge in [-0.05, 0) is 30.5 Å². The van der Waals surface area contributed by atoms with Crippen LogP contribution in [-0.4, -0.2) is 16.5 Å². The number of rotatable bonds is 6. The number of aromatic nitrogens is 2. The molecule has 100 valence electrons. The molecule has 0 aliphatic heterocycles. The minimum atomic E-state index is 0.755. The van der Waals surface area contributed by atoms with Gasteiger partial charge < -0.3 is 10.6 Å². The van der Waals surface area contributed by atoms with Gasteiger partial charge in [-0.25, -0.2) is 4.98 Å². The molecule has 1 aromatic carbocycles. The van der Waals surface area contributed by atoms with Crippen molar-refractivity contribution in [3.8, 4) is 0 Å². The van der Waals surface area contributed by atoms with Crippen LogP contribution in [0.4, 0.5) is 17.3 Å². The van der Waals surface area contributed by atoms with Crippen molar-refractivity contribution in [1.29, 1.82) is 0 Å². The van der Waals surface area contributed by atoms with Crippen LogP contribution in [0.2, 0.25) is 0 Å². The standard InChI is InChI=1S/C15H20N4/c1-3-9-17-14-10-16-11-15(19-14)18-13-7-5-12(4-2)6-8-13/h5-8,10-11H,3-4,9H2,1-2H3,(H2,17,18,19). The average molecular weight is 256 g/mol. The predicted octanol–water partition coefficient (Wildman–Crippen LogP) is 3.60. The Morgan fingerprint density at radius 1 is 1.00 bits per heavy atom. The third-order valence-corrected chi connectivity index (χ3v) is 2.83. The lowest BCUT2D eigenvalue weighted by atomic mass is 10.1. The number of nitrogens with zero attached hydrogens (tertiary/aromatic N) is 2. The van der Waals surface area contributed by atoms with Crippen molar-refractivity contribution in [3.05, 3.63) is 42.2 Å². The van der Waals surface area contributed by atoms with E-state index in [4.69, 9.17) is 0 Å². The van der Waals surface area contributed by atoms with Gasteiger partial charge in [0.15, 0.2) is 5.82 Å². The maximum atomic E-state index is 4.46. The fourth-order valence-electron chi connectivity index (χ4n) is 1.74. The first-order valence-corrected chi connectivity index (χ1v) is 6.73. The van der Waals surface area contributed by atoms with E-state index in [1.165, 1.54) is 5.56 Å². The summed E-state index contributed by atoms with van der Waals surface area (Å²) in [5, 5.41) is 6.48. The predicted molar refractivity (Wildman–Crippen MR) is 79.9 cm³/mol. The zero-order valence-corrected chi connectivity index (χ0v) is 11.5. The molecule has 0 radical (unpaired) electrons. The molecule has 2 rings (SSSR count). The number of benzene rings is 1. The molecule has 0 spiro atoms. The van der Waals surface area contributed by atoms with Crippen molar-refractivity contribution in [2.45, 2.75) is 26.7 Å². The molecule has 0 aliphatic carbocycles. The molecular weight excluding hydrogens is 236 g/mol. The fourth-order valence-corrected chi connectivity index (χ4v) is 1.74. The molecule has 0 saturated heterocycles. The zero-order valence-electron chi connectivity index (χ0n) is 11.5. The lowest BCUT2D eigenvalue weighted by molar-refractivity contribution is 0.965. The summed E-state index contributed by atoms with van der Waals surface area (Å²) in [6, 6.07) is 8.36. The summed E-state index contributed by atoms with van der Waals surface area (Å²) in [4.78, 5) is 8.64. The molecule has 0 bridgehead atoms. The summed E-state index contributed by atoms with van der Waals surface area (Å²) in [5.41, 5.74) is 2.36. The summed E-state index contributed by atoms with van der Waals surface area (Å²) in [7, 11) is 0. The number of aryl methyl sites for hydroxylation is 1. The lowest BCUT2D eigenvalue weighted by Gasteiger charge is -2.08.